The maximum Gasteiger partial charge on any atom is 0.295 e. The molecule has 2 N–H and O–H groups in total. The molecule has 9 heteroatoms. The molecule has 2 aliphatic heterocycles. The Labute approximate surface area is 195 Å². The smallest absolute Gasteiger partial charge is 0.295 e. The summed E-state index contributed by atoms with van der Waals surface area (Å²) in [6.07, 6.45) is 0.604. The molecule has 0 saturated carbocycles. The second-order valence-corrected chi connectivity index (χ2v) is 8.45. The number of ketones is 1. The topological polar surface area (TPSA) is 90.3 Å². The van der Waals surface area contributed by atoms with Crippen molar-refractivity contribution in [2.75, 3.05) is 39.4 Å². The number of hydrogen-bond acceptors (Lipinski definition) is 6. The molecule has 2 aliphatic rings. The second-order valence-electron chi connectivity index (χ2n) is 8.01. The van der Waals surface area contributed by atoms with Crippen LogP contribution in [-0.2, 0) is 14.3 Å². The fourth-order valence-corrected chi connectivity index (χ4v) is 4.41. The summed E-state index contributed by atoms with van der Waals surface area (Å²) in [6.45, 7) is 3.90. The van der Waals surface area contributed by atoms with Crippen LogP contribution in [0.3, 0.4) is 0 Å². The van der Waals surface area contributed by atoms with Crippen molar-refractivity contribution in [2.24, 2.45) is 0 Å². The fourth-order valence-electron chi connectivity index (χ4n) is 4.23. The molecule has 2 saturated heterocycles. The standard InChI is InChI=1S/C24H24ClFN2O5/c25-16-4-7-19(29)18(14-16)22(30)20-21(15-2-5-17(26)6-3-15)28(24(32)23(20)31)9-1-8-27-10-12-33-13-11-27/h2-7,14,21,29-30H,1,8-13H2. The maximum absolute atomic E-state index is 13.6. The molecule has 1 atom stereocenters. The van der Waals surface area contributed by atoms with E-state index < -0.39 is 29.3 Å². The van der Waals surface area contributed by atoms with Gasteiger partial charge in [-0.2, -0.15) is 0 Å². The number of carbonyl (C=O) groups is 2. The van der Waals surface area contributed by atoms with Crippen LogP contribution in [0.1, 0.15) is 23.6 Å². The van der Waals surface area contributed by atoms with Crippen LogP contribution in [-0.4, -0.2) is 71.1 Å². The Morgan fingerprint density at radius 1 is 1.09 bits per heavy atom. The average molecular weight is 475 g/mol. The second kappa shape index (κ2) is 9.91. The van der Waals surface area contributed by atoms with E-state index in [2.05, 4.69) is 4.90 Å². The van der Waals surface area contributed by atoms with Gasteiger partial charge in [-0.15, -0.1) is 0 Å². The lowest BCUT2D eigenvalue weighted by Crippen LogP contribution is -2.38. The van der Waals surface area contributed by atoms with Crippen LogP contribution in [0.4, 0.5) is 4.39 Å². The molecule has 2 heterocycles. The Hall–Kier alpha value is -2.94. The number of Topliss-reactive ketones (excluding diaryl/α,β-unsaturated/α-hetero) is 1. The highest BCUT2D eigenvalue weighted by molar-refractivity contribution is 6.46. The molecule has 0 bridgehead atoms. The number of halogens is 2. The number of aliphatic hydroxyl groups excluding tert-OH is 1. The number of phenolic OH excluding ortho intramolecular Hbond substituents is 1. The number of nitrogens with zero attached hydrogens (tertiary/aromatic N) is 2. The summed E-state index contributed by atoms with van der Waals surface area (Å²) >= 11 is 6.01. The van der Waals surface area contributed by atoms with Gasteiger partial charge in [-0.3, -0.25) is 14.5 Å². The summed E-state index contributed by atoms with van der Waals surface area (Å²) < 4.78 is 18.9. The highest BCUT2D eigenvalue weighted by Crippen LogP contribution is 2.41. The minimum atomic E-state index is -0.923. The van der Waals surface area contributed by atoms with E-state index in [9.17, 15) is 24.2 Å². The lowest BCUT2D eigenvalue weighted by atomic mass is 9.95. The molecule has 0 spiro atoms. The van der Waals surface area contributed by atoms with E-state index in [0.29, 0.717) is 25.2 Å². The molecule has 1 unspecified atom stereocenters. The molecule has 0 radical (unpaired) electrons. The summed E-state index contributed by atoms with van der Waals surface area (Å²) in [5.74, 6) is -2.90. The molecular weight excluding hydrogens is 451 g/mol. The SMILES string of the molecule is O=C1C(=O)N(CCCN2CCOCC2)C(c2ccc(F)cc2)C1=C(O)c1cc(Cl)ccc1O. The first kappa shape index (κ1) is 23.2. The minimum Gasteiger partial charge on any atom is -0.507 e. The predicted octanol–water partition coefficient (Wildman–Crippen LogP) is 3.33. The van der Waals surface area contributed by atoms with Crippen molar-refractivity contribution in [1.82, 2.24) is 9.80 Å². The van der Waals surface area contributed by atoms with Gasteiger partial charge < -0.3 is 19.8 Å². The van der Waals surface area contributed by atoms with E-state index in [0.717, 1.165) is 19.6 Å². The summed E-state index contributed by atoms with van der Waals surface area (Å²) in [7, 11) is 0. The van der Waals surface area contributed by atoms with E-state index in [-0.39, 0.29) is 28.5 Å². The number of aromatic hydroxyl groups is 1. The summed E-state index contributed by atoms with van der Waals surface area (Å²) in [5, 5.41) is 21.5. The van der Waals surface area contributed by atoms with E-state index in [1.54, 1.807) is 0 Å². The van der Waals surface area contributed by atoms with E-state index >= 15 is 0 Å². The first-order valence-corrected chi connectivity index (χ1v) is 11.1. The predicted molar refractivity (Wildman–Crippen MR) is 120 cm³/mol. The number of aliphatic hydroxyl groups is 1. The van der Waals surface area contributed by atoms with Crippen LogP contribution < -0.4 is 0 Å². The van der Waals surface area contributed by atoms with Crippen molar-refractivity contribution in [2.45, 2.75) is 12.5 Å². The molecule has 33 heavy (non-hydrogen) atoms. The highest BCUT2D eigenvalue weighted by Gasteiger charge is 2.46. The zero-order valence-electron chi connectivity index (χ0n) is 17.8. The van der Waals surface area contributed by atoms with Crippen molar-refractivity contribution < 1.29 is 28.9 Å². The van der Waals surface area contributed by atoms with Crippen molar-refractivity contribution in [3.05, 3.63) is 70.0 Å². The number of morpholine rings is 1. The van der Waals surface area contributed by atoms with Crippen molar-refractivity contribution in [1.29, 1.82) is 0 Å². The number of ether oxygens (including phenoxy) is 1. The monoisotopic (exact) mass is 474 g/mol. The number of hydrogen-bond donors (Lipinski definition) is 2. The number of benzene rings is 2. The molecule has 2 fully saturated rings. The Morgan fingerprint density at radius 3 is 2.48 bits per heavy atom. The van der Waals surface area contributed by atoms with Crippen molar-refractivity contribution >= 4 is 29.1 Å². The molecule has 1 amide bonds. The van der Waals surface area contributed by atoms with Gasteiger partial charge in [-0.25, -0.2) is 4.39 Å². The number of carbonyl (C=O) groups excluding carboxylic acids is 2. The minimum absolute atomic E-state index is 0.0547. The molecule has 0 aliphatic carbocycles. The van der Waals surface area contributed by atoms with Crippen LogP contribution >= 0.6 is 11.6 Å². The zero-order valence-corrected chi connectivity index (χ0v) is 18.6. The quantitative estimate of drug-likeness (QED) is 0.379. The van der Waals surface area contributed by atoms with Crippen molar-refractivity contribution in [3.63, 3.8) is 0 Å². The van der Waals surface area contributed by atoms with Crippen LogP contribution in [0.15, 0.2) is 48.0 Å². The largest absolute Gasteiger partial charge is 0.507 e. The van der Waals surface area contributed by atoms with Gasteiger partial charge in [0.05, 0.1) is 30.4 Å². The van der Waals surface area contributed by atoms with Gasteiger partial charge in [-0.1, -0.05) is 23.7 Å². The maximum atomic E-state index is 13.6. The van der Waals surface area contributed by atoms with E-state index in [1.807, 2.05) is 0 Å². The zero-order chi connectivity index (χ0) is 23.5. The van der Waals surface area contributed by atoms with Gasteiger partial charge in [0.15, 0.2) is 0 Å². The Kier molecular flexibility index (Phi) is 6.97. The fraction of sp³-hybridized carbons (Fsp3) is 0.333. The molecule has 4 rings (SSSR count). The average Bonchev–Trinajstić information content (AvgIpc) is 3.06. The summed E-state index contributed by atoms with van der Waals surface area (Å²) in [6, 6.07) is 8.56. The molecule has 7 nitrogen and oxygen atoms in total. The van der Waals surface area contributed by atoms with Crippen LogP contribution in [0.5, 0.6) is 5.75 Å². The first-order chi connectivity index (χ1) is 15.9. The number of phenols is 1. The first-order valence-electron chi connectivity index (χ1n) is 10.7. The van der Waals surface area contributed by atoms with E-state index in [4.69, 9.17) is 16.3 Å². The van der Waals surface area contributed by atoms with Crippen LogP contribution in [0.25, 0.3) is 5.76 Å². The molecule has 174 valence electrons. The normalized spacial score (nSPS) is 21.0. The molecule has 2 aromatic rings. The third kappa shape index (κ3) is 4.88. The molecule has 2 aromatic carbocycles. The van der Waals surface area contributed by atoms with Gasteiger partial charge >= 0.3 is 0 Å². The Morgan fingerprint density at radius 2 is 1.79 bits per heavy atom. The lowest BCUT2D eigenvalue weighted by molar-refractivity contribution is -0.140. The molecule has 0 aromatic heterocycles. The third-order valence-electron chi connectivity index (χ3n) is 5.92. The van der Waals surface area contributed by atoms with Gasteiger partial charge in [0.2, 0.25) is 0 Å². The number of likely N-dealkylation sites (tertiary alicyclic amines) is 1. The van der Waals surface area contributed by atoms with Crippen molar-refractivity contribution in [3.8, 4) is 5.75 Å². The third-order valence-corrected chi connectivity index (χ3v) is 6.15. The van der Waals surface area contributed by atoms with Crippen LogP contribution in [0.2, 0.25) is 5.02 Å². The summed E-state index contributed by atoms with van der Waals surface area (Å²) in [4.78, 5) is 29.6. The lowest BCUT2D eigenvalue weighted by Gasteiger charge is -2.29. The van der Waals surface area contributed by atoms with Gasteiger partial charge in [-0.05, 0) is 42.3 Å². The number of rotatable bonds is 6. The van der Waals surface area contributed by atoms with Gasteiger partial charge in [0.1, 0.15) is 17.3 Å². The van der Waals surface area contributed by atoms with E-state index in [1.165, 1.54) is 47.4 Å². The highest BCUT2D eigenvalue weighted by atomic mass is 35.5. The van der Waals surface area contributed by atoms with Gasteiger partial charge in [0.25, 0.3) is 11.7 Å². The summed E-state index contributed by atoms with van der Waals surface area (Å²) in [5.41, 5.74) is 0.251. The number of amides is 1. The Bertz CT molecular complexity index is 1080. The van der Waals surface area contributed by atoms with Gasteiger partial charge in [0, 0.05) is 31.2 Å². The van der Waals surface area contributed by atoms with Crippen LogP contribution in [0, 0.1) is 5.82 Å². The molecular formula is C24H24ClFN2O5. The Balaban J connectivity index is 1.70.